The zero-order valence-corrected chi connectivity index (χ0v) is 14.4. The van der Waals surface area contributed by atoms with Crippen molar-refractivity contribution in [3.8, 4) is 16.9 Å². The average Bonchev–Trinajstić information content (AvgIpc) is 3.01. The zero-order valence-electron chi connectivity index (χ0n) is 14.4. The molecule has 4 nitrogen and oxygen atoms in total. The molecule has 5 rings (SSSR count). The topological polar surface area (TPSA) is 39.4 Å². The van der Waals surface area contributed by atoms with Crippen molar-refractivity contribution in [1.82, 2.24) is 14.6 Å². The molecular weight excluding hydrogens is 381 g/mol. The Bertz CT molecular complexity index is 1090. The van der Waals surface area contributed by atoms with Gasteiger partial charge >= 0.3 is 6.18 Å². The Labute approximate surface area is 155 Å². The number of fused-ring (bicyclic) bond motifs is 2. The third-order valence-corrected chi connectivity index (χ3v) is 5.32. The van der Waals surface area contributed by atoms with Crippen LogP contribution >= 0.6 is 0 Å². The molecule has 0 radical (unpaired) electrons. The third kappa shape index (κ3) is 2.71. The molecule has 3 aromatic rings. The maximum absolute atomic E-state index is 13.9. The summed E-state index contributed by atoms with van der Waals surface area (Å²) in [6, 6.07) is 6.26. The summed E-state index contributed by atoms with van der Waals surface area (Å²) >= 11 is 0. The van der Waals surface area contributed by atoms with E-state index in [0.29, 0.717) is 24.3 Å². The van der Waals surface area contributed by atoms with E-state index in [1.807, 2.05) is 0 Å². The van der Waals surface area contributed by atoms with Crippen molar-refractivity contribution in [1.29, 1.82) is 0 Å². The summed E-state index contributed by atoms with van der Waals surface area (Å²) in [5.74, 6) is -2.89. The fourth-order valence-corrected chi connectivity index (χ4v) is 3.73. The first-order chi connectivity index (χ1) is 13.2. The second-order valence-corrected chi connectivity index (χ2v) is 7.20. The van der Waals surface area contributed by atoms with Crippen molar-refractivity contribution in [2.75, 3.05) is 6.61 Å². The van der Waals surface area contributed by atoms with Crippen molar-refractivity contribution < 1.29 is 26.7 Å². The van der Waals surface area contributed by atoms with Gasteiger partial charge in [0.25, 0.3) is 5.92 Å². The fraction of sp³-hybridized carbons (Fsp3) is 0.368. The van der Waals surface area contributed by atoms with Crippen molar-refractivity contribution >= 4 is 5.65 Å². The highest BCUT2D eigenvalue weighted by atomic mass is 19.4. The third-order valence-electron chi connectivity index (χ3n) is 5.32. The lowest BCUT2D eigenvalue weighted by Crippen LogP contribution is -2.11. The van der Waals surface area contributed by atoms with Gasteiger partial charge in [0, 0.05) is 31.4 Å². The van der Waals surface area contributed by atoms with E-state index in [1.165, 1.54) is 12.3 Å². The first-order valence-corrected chi connectivity index (χ1v) is 8.82. The van der Waals surface area contributed by atoms with Crippen LogP contribution in [0.25, 0.3) is 16.8 Å². The minimum atomic E-state index is -4.68. The number of nitrogens with zero attached hydrogens (tertiary/aromatic N) is 3. The van der Waals surface area contributed by atoms with E-state index >= 15 is 0 Å². The van der Waals surface area contributed by atoms with Crippen LogP contribution in [0.4, 0.5) is 22.0 Å². The molecule has 146 valence electrons. The highest BCUT2D eigenvalue weighted by molar-refractivity contribution is 5.75. The number of aromatic nitrogens is 3. The average molecular weight is 395 g/mol. The Hall–Kier alpha value is -2.71. The lowest BCUT2D eigenvalue weighted by molar-refractivity contribution is -0.136. The van der Waals surface area contributed by atoms with Crippen LogP contribution in [-0.4, -0.2) is 27.1 Å². The van der Waals surface area contributed by atoms with Gasteiger partial charge in [-0.25, -0.2) is 8.78 Å². The highest BCUT2D eigenvalue weighted by Crippen LogP contribution is 2.50. The molecule has 0 amide bonds. The molecule has 28 heavy (non-hydrogen) atoms. The van der Waals surface area contributed by atoms with Crippen molar-refractivity contribution in [3.05, 3.63) is 47.4 Å². The predicted octanol–water partition coefficient (Wildman–Crippen LogP) is 4.55. The molecule has 0 bridgehead atoms. The summed E-state index contributed by atoms with van der Waals surface area (Å²) < 4.78 is 74.7. The van der Waals surface area contributed by atoms with Gasteiger partial charge in [-0.3, -0.25) is 4.40 Å². The molecule has 2 aromatic heterocycles. The number of alkyl halides is 5. The van der Waals surface area contributed by atoms with E-state index < -0.39 is 23.6 Å². The number of ether oxygens (including phenoxy) is 1. The van der Waals surface area contributed by atoms with Crippen LogP contribution in [-0.2, 0) is 19.0 Å². The van der Waals surface area contributed by atoms with Crippen LogP contribution in [0.2, 0.25) is 0 Å². The Morgan fingerprint density at radius 2 is 1.96 bits per heavy atom. The lowest BCUT2D eigenvalue weighted by atomic mass is 9.98. The monoisotopic (exact) mass is 395 g/mol. The van der Waals surface area contributed by atoms with Gasteiger partial charge in [-0.1, -0.05) is 6.07 Å². The summed E-state index contributed by atoms with van der Waals surface area (Å²) in [4.78, 5) is 0. The van der Waals surface area contributed by atoms with Gasteiger partial charge in [-0.05, 0) is 34.9 Å². The quantitative estimate of drug-likeness (QED) is 0.611. The molecule has 0 saturated heterocycles. The van der Waals surface area contributed by atoms with Crippen molar-refractivity contribution in [2.24, 2.45) is 5.92 Å². The summed E-state index contributed by atoms with van der Waals surface area (Å²) in [5, 5.41) is 7.46. The fourth-order valence-electron chi connectivity index (χ4n) is 3.73. The Balaban J connectivity index is 1.64. The van der Waals surface area contributed by atoms with E-state index in [4.69, 9.17) is 4.74 Å². The summed E-state index contributed by atoms with van der Waals surface area (Å²) in [6.45, 7) is 0.503. The van der Waals surface area contributed by atoms with E-state index in [0.717, 1.165) is 9.96 Å². The summed E-state index contributed by atoms with van der Waals surface area (Å²) in [6.07, 6.45) is -3.01. The number of benzene rings is 1. The molecule has 0 N–H and O–H groups in total. The Kier molecular flexibility index (Phi) is 3.51. The van der Waals surface area contributed by atoms with E-state index in [1.54, 1.807) is 18.2 Å². The Morgan fingerprint density at radius 1 is 1.18 bits per heavy atom. The molecule has 1 aromatic carbocycles. The molecule has 2 aliphatic rings. The first-order valence-electron chi connectivity index (χ1n) is 8.82. The maximum Gasteiger partial charge on any atom is 0.420 e. The second-order valence-electron chi connectivity index (χ2n) is 7.20. The summed E-state index contributed by atoms with van der Waals surface area (Å²) in [7, 11) is 0. The predicted molar refractivity (Wildman–Crippen MR) is 89.4 cm³/mol. The molecule has 0 spiro atoms. The van der Waals surface area contributed by atoms with Crippen molar-refractivity contribution in [3.63, 3.8) is 0 Å². The number of rotatable bonds is 3. The largest absolute Gasteiger partial charge is 0.493 e. The van der Waals surface area contributed by atoms with Crippen LogP contribution in [0.15, 0.2) is 30.5 Å². The van der Waals surface area contributed by atoms with Gasteiger partial charge in [0.2, 0.25) is 0 Å². The molecule has 1 aliphatic carbocycles. The number of pyridine rings is 1. The van der Waals surface area contributed by atoms with E-state index in [2.05, 4.69) is 10.2 Å². The van der Waals surface area contributed by atoms with Gasteiger partial charge in [-0.2, -0.15) is 13.2 Å². The molecule has 1 unspecified atom stereocenters. The van der Waals surface area contributed by atoms with Crippen LogP contribution in [0.1, 0.15) is 23.4 Å². The highest BCUT2D eigenvalue weighted by Gasteiger charge is 2.57. The van der Waals surface area contributed by atoms with Gasteiger partial charge in [0.15, 0.2) is 5.65 Å². The van der Waals surface area contributed by atoms with Crippen LogP contribution in [0.3, 0.4) is 0 Å². The number of halogens is 5. The SMILES string of the molecule is FC(F)(F)c1c(-c2ccc3c(c2)CCO3)ccn2c(CC3CC3(F)F)nnc12. The smallest absolute Gasteiger partial charge is 0.420 e. The van der Waals surface area contributed by atoms with Gasteiger partial charge in [0.1, 0.15) is 17.1 Å². The van der Waals surface area contributed by atoms with Gasteiger partial charge in [-0.15, -0.1) is 10.2 Å². The zero-order chi connectivity index (χ0) is 19.7. The minimum absolute atomic E-state index is 0.0228. The summed E-state index contributed by atoms with van der Waals surface area (Å²) in [5.41, 5.74) is -0.0674. The molecule has 1 aliphatic heterocycles. The molecule has 1 fully saturated rings. The van der Waals surface area contributed by atoms with E-state index in [-0.39, 0.29) is 29.9 Å². The normalized spacial score (nSPS) is 20.2. The first kappa shape index (κ1) is 17.4. The maximum atomic E-state index is 13.9. The Morgan fingerprint density at radius 3 is 2.68 bits per heavy atom. The number of hydrogen-bond donors (Lipinski definition) is 0. The molecule has 1 saturated carbocycles. The van der Waals surface area contributed by atoms with Crippen LogP contribution in [0.5, 0.6) is 5.75 Å². The minimum Gasteiger partial charge on any atom is -0.493 e. The lowest BCUT2D eigenvalue weighted by Gasteiger charge is -2.15. The van der Waals surface area contributed by atoms with Gasteiger partial charge in [0.05, 0.1) is 6.61 Å². The second kappa shape index (κ2) is 5.65. The number of hydrogen-bond acceptors (Lipinski definition) is 3. The van der Waals surface area contributed by atoms with Crippen LogP contribution < -0.4 is 4.74 Å². The van der Waals surface area contributed by atoms with Gasteiger partial charge < -0.3 is 4.74 Å². The standard InChI is InChI=1S/C19H14F5N3O/c20-18(21)9-12(18)8-15-25-26-17-16(19(22,23)24)13(3-5-27(15)17)10-1-2-14-11(7-10)4-6-28-14/h1-3,5,7,12H,4,6,8-9H2. The molecule has 1 atom stereocenters. The van der Waals surface area contributed by atoms with E-state index in [9.17, 15) is 22.0 Å². The molecule has 9 heteroatoms. The molecule has 3 heterocycles. The molecular formula is C19H14F5N3O. The van der Waals surface area contributed by atoms with Crippen molar-refractivity contribution in [2.45, 2.75) is 31.4 Å². The van der Waals surface area contributed by atoms with Crippen LogP contribution in [0, 0.1) is 5.92 Å².